The van der Waals surface area contributed by atoms with Gasteiger partial charge >= 0.3 is 17.9 Å². The summed E-state index contributed by atoms with van der Waals surface area (Å²) in [7, 11) is 0. The molecule has 0 saturated carbocycles. The second-order valence-electron chi connectivity index (χ2n) is 14.6. The highest BCUT2D eigenvalue weighted by atomic mass is 16.6. The Hall–Kier alpha value is -4.71. The fourth-order valence-corrected chi connectivity index (χ4v) is 5.51. The summed E-state index contributed by atoms with van der Waals surface area (Å²) in [6, 6.07) is 0. The minimum absolute atomic E-state index is 0.138. The summed E-state index contributed by atoms with van der Waals surface area (Å²) in [6.45, 7) is 6.10. The van der Waals surface area contributed by atoms with Crippen LogP contribution in [0.15, 0.2) is 146 Å². The lowest BCUT2D eigenvalue weighted by molar-refractivity contribution is -0.166. The first-order valence-electron chi connectivity index (χ1n) is 23.4. The van der Waals surface area contributed by atoms with Crippen molar-refractivity contribution in [3.05, 3.63) is 146 Å². The Morgan fingerprint density at radius 2 is 0.705 bits per heavy atom. The quantitative estimate of drug-likeness (QED) is 0.0202. The fourth-order valence-electron chi connectivity index (χ4n) is 5.51. The van der Waals surface area contributed by atoms with E-state index in [1.807, 2.05) is 36.5 Å². The summed E-state index contributed by atoms with van der Waals surface area (Å²) in [4.78, 5) is 37.8. The molecular weight excluding hydrogens is 757 g/mol. The van der Waals surface area contributed by atoms with E-state index in [1.165, 1.54) is 0 Å². The summed E-state index contributed by atoms with van der Waals surface area (Å²) in [5.41, 5.74) is 0. The van der Waals surface area contributed by atoms with Crippen LogP contribution < -0.4 is 0 Å². The van der Waals surface area contributed by atoms with Crippen molar-refractivity contribution in [1.29, 1.82) is 0 Å². The Labute approximate surface area is 372 Å². The lowest BCUT2D eigenvalue weighted by Crippen LogP contribution is -2.30. The summed E-state index contributed by atoms with van der Waals surface area (Å²) in [5.74, 6) is -1.10. The van der Waals surface area contributed by atoms with E-state index in [4.69, 9.17) is 14.2 Å². The standard InChI is InChI=1S/C55H82O6/c1-4-7-10-13-16-19-22-25-27-29-30-33-36-39-42-45-48-54(57)60-51-52(50-59-53(56)47-44-41-38-35-32-24-21-18-15-12-9-6-3)61-55(58)49-46-43-40-37-34-31-28-26-23-20-17-14-11-8-5-2/h7-12,14,16-21,23,25-28,30,32-33,35,39,42,52H,4-6,13,15,22,24,29,31,34,36-38,40-41,43-51H2,1-3H3/b10-7-,11-8-,12-9-,17-14-,19-16-,21-18-,23-20-,27-25-,28-26-,33-30-,35-32-,42-39-. The van der Waals surface area contributed by atoms with Crippen LogP contribution in [0, 0.1) is 0 Å². The van der Waals surface area contributed by atoms with Gasteiger partial charge in [-0.3, -0.25) is 14.4 Å². The number of rotatable bonds is 39. The van der Waals surface area contributed by atoms with Crippen LogP contribution in [0.3, 0.4) is 0 Å². The molecule has 0 fully saturated rings. The molecule has 338 valence electrons. The Morgan fingerprint density at radius 1 is 0.344 bits per heavy atom. The summed E-state index contributed by atoms with van der Waals surface area (Å²) < 4.78 is 16.6. The zero-order chi connectivity index (χ0) is 44.4. The number of ether oxygens (including phenoxy) is 3. The van der Waals surface area contributed by atoms with Crippen LogP contribution in [0.4, 0.5) is 0 Å². The molecule has 0 aliphatic heterocycles. The number of hydrogen-bond donors (Lipinski definition) is 0. The van der Waals surface area contributed by atoms with Gasteiger partial charge in [-0.1, -0.05) is 186 Å². The molecule has 61 heavy (non-hydrogen) atoms. The monoisotopic (exact) mass is 839 g/mol. The smallest absolute Gasteiger partial charge is 0.306 e. The van der Waals surface area contributed by atoms with Crippen LogP contribution in [0.25, 0.3) is 0 Å². The molecule has 0 spiro atoms. The third-order valence-corrected chi connectivity index (χ3v) is 8.93. The molecule has 0 heterocycles. The second-order valence-corrected chi connectivity index (χ2v) is 14.6. The molecule has 0 aliphatic rings. The average Bonchev–Trinajstić information content (AvgIpc) is 3.26. The predicted octanol–water partition coefficient (Wildman–Crippen LogP) is 15.3. The van der Waals surface area contributed by atoms with Gasteiger partial charge in [0.25, 0.3) is 0 Å². The highest BCUT2D eigenvalue weighted by Gasteiger charge is 2.19. The zero-order valence-electron chi connectivity index (χ0n) is 38.4. The van der Waals surface area contributed by atoms with Crippen LogP contribution in [0.2, 0.25) is 0 Å². The molecule has 0 N–H and O–H groups in total. The van der Waals surface area contributed by atoms with Crippen LogP contribution in [0.5, 0.6) is 0 Å². The van der Waals surface area contributed by atoms with Crippen LogP contribution in [-0.4, -0.2) is 37.2 Å². The van der Waals surface area contributed by atoms with E-state index in [2.05, 4.69) is 130 Å². The van der Waals surface area contributed by atoms with E-state index in [1.54, 1.807) is 0 Å². The van der Waals surface area contributed by atoms with Crippen LogP contribution in [0.1, 0.15) is 162 Å². The molecule has 0 aliphatic carbocycles. The second kappa shape index (κ2) is 48.0. The van der Waals surface area contributed by atoms with Crippen LogP contribution in [-0.2, 0) is 28.6 Å². The van der Waals surface area contributed by atoms with E-state index in [0.717, 1.165) is 109 Å². The summed E-state index contributed by atoms with van der Waals surface area (Å²) in [5, 5.41) is 0. The SMILES string of the molecule is CC\C=C/C=C\C=C/C=C\CCCCCCCC(=O)OC(COC(=O)CC/C=C\C/C=C\C/C=C\C/C=C\C/C=C\CC)COC(=O)CCCC/C=C\C/C=C\C/C=C\CC. The largest absolute Gasteiger partial charge is 0.462 e. The third kappa shape index (κ3) is 46.2. The van der Waals surface area contributed by atoms with Gasteiger partial charge in [-0.05, 0) is 103 Å². The molecule has 0 saturated heterocycles. The van der Waals surface area contributed by atoms with Gasteiger partial charge in [-0.2, -0.15) is 0 Å². The average molecular weight is 839 g/mol. The molecule has 6 nitrogen and oxygen atoms in total. The maximum Gasteiger partial charge on any atom is 0.306 e. The molecule has 0 aromatic rings. The van der Waals surface area contributed by atoms with Crippen molar-refractivity contribution in [2.24, 2.45) is 0 Å². The zero-order valence-corrected chi connectivity index (χ0v) is 38.4. The first-order chi connectivity index (χ1) is 30.0. The molecule has 0 radical (unpaired) electrons. The van der Waals surface area contributed by atoms with E-state index >= 15 is 0 Å². The van der Waals surface area contributed by atoms with Gasteiger partial charge in [-0.25, -0.2) is 0 Å². The molecule has 0 amide bonds. The molecule has 0 bridgehead atoms. The molecule has 0 aromatic carbocycles. The van der Waals surface area contributed by atoms with Gasteiger partial charge in [0.15, 0.2) is 6.10 Å². The lowest BCUT2D eigenvalue weighted by atomic mass is 10.1. The van der Waals surface area contributed by atoms with Gasteiger partial charge in [0.2, 0.25) is 0 Å². The van der Waals surface area contributed by atoms with E-state index in [9.17, 15) is 14.4 Å². The van der Waals surface area contributed by atoms with Crippen molar-refractivity contribution < 1.29 is 28.6 Å². The summed E-state index contributed by atoms with van der Waals surface area (Å²) >= 11 is 0. The van der Waals surface area contributed by atoms with Crippen molar-refractivity contribution in [1.82, 2.24) is 0 Å². The minimum Gasteiger partial charge on any atom is -0.462 e. The molecular formula is C55H82O6. The number of unbranched alkanes of at least 4 members (excludes halogenated alkanes) is 7. The fraction of sp³-hybridized carbons (Fsp3) is 0.509. The topological polar surface area (TPSA) is 78.9 Å². The number of carbonyl (C=O) groups excluding carboxylic acids is 3. The van der Waals surface area contributed by atoms with E-state index < -0.39 is 6.10 Å². The minimum atomic E-state index is -0.841. The number of carbonyl (C=O) groups is 3. The van der Waals surface area contributed by atoms with Crippen molar-refractivity contribution in [2.45, 2.75) is 168 Å². The number of hydrogen-bond acceptors (Lipinski definition) is 6. The third-order valence-electron chi connectivity index (χ3n) is 8.93. The molecule has 1 atom stereocenters. The maximum atomic E-state index is 12.7. The van der Waals surface area contributed by atoms with E-state index in [-0.39, 0.29) is 50.4 Å². The first kappa shape index (κ1) is 56.3. The Kier molecular flexibility index (Phi) is 44.3. The van der Waals surface area contributed by atoms with Crippen LogP contribution >= 0.6 is 0 Å². The van der Waals surface area contributed by atoms with Crippen molar-refractivity contribution in [2.75, 3.05) is 13.2 Å². The number of esters is 3. The first-order valence-corrected chi connectivity index (χ1v) is 23.4. The number of allylic oxidation sites excluding steroid dienone is 24. The van der Waals surface area contributed by atoms with Gasteiger partial charge < -0.3 is 14.2 Å². The van der Waals surface area contributed by atoms with Gasteiger partial charge in [-0.15, -0.1) is 0 Å². The Morgan fingerprint density at radius 3 is 1.25 bits per heavy atom. The predicted molar refractivity (Wildman–Crippen MR) is 260 cm³/mol. The highest BCUT2D eigenvalue weighted by Crippen LogP contribution is 2.11. The lowest BCUT2D eigenvalue weighted by Gasteiger charge is -2.18. The Bertz CT molecular complexity index is 1430. The molecule has 0 aromatic heterocycles. The van der Waals surface area contributed by atoms with Gasteiger partial charge in [0.05, 0.1) is 0 Å². The van der Waals surface area contributed by atoms with Crippen molar-refractivity contribution in [3.8, 4) is 0 Å². The highest BCUT2D eigenvalue weighted by molar-refractivity contribution is 5.71. The van der Waals surface area contributed by atoms with Crippen molar-refractivity contribution in [3.63, 3.8) is 0 Å². The van der Waals surface area contributed by atoms with Gasteiger partial charge in [0.1, 0.15) is 13.2 Å². The Balaban J connectivity index is 4.63. The molecule has 0 rings (SSSR count). The normalized spacial score (nSPS) is 13.4. The molecule has 6 heteroatoms. The maximum absolute atomic E-state index is 12.7. The van der Waals surface area contributed by atoms with Crippen molar-refractivity contribution >= 4 is 17.9 Å². The summed E-state index contributed by atoms with van der Waals surface area (Å²) in [6.07, 6.45) is 68.4. The van der Waals surface area contributed by atoms with Gasteiger partial charge in [0, 0.05) is 19.3 Å². The van der Waals surface area contributed by atoms with E-state index in [0.29, 0.717) is 12.8 Å². The molecule has 1 unspecified atom stereocenters.